The molecular formula is C21H23N3O3S. The fraction of sp³-hybridized carbons (Fsp3) is 0.190. The summed E-state index contributed by atoms with van der Waals surface area (Å²) in [7, 11) is -3.69. The molecule has 0 radical (unpaired) electrons. The first-order valence-electron chi connectivity index (χ1n) is 9.08. The Labute approximate surface area is 165 Å². The maximum absolute atomic E-state index is 12.5. The lowest BCUT2D eigenvalue weighted by Gasteiger charge is -2.12. The number of hydrogen-bond donors (Lipinski definition) is 2. The second kappa shape index (κ2) is 8.75. The number of hydrogen-bond acceptors (Lipinski definition) is 5. The highest BCUT2D eigenvalue weighted by Crippen LogP contribution is 2.22. The van der Waals surface area contributed by atoms with Crippen molar-refractivity contribution >= 4 is 27.2 Å². The summed E-state index contributed by atoms with van der Waals surface area (Å²) in [5, 5.41) is 3.26. The summed E-state index contributed by atoms with van der Waals surface area (Å²) in [5.41, 5.74) is 2.56. The Bertz CT molecular complexity index is 1020. The molecule has 6 nitrogen and oxygen atoms in total. The molecule has 28 heavy (non-hydrogen) atoms. The third-order valence-corrected chi connectivity index (χ3v) is 5.52. The summed E-state index contributed by atoms with van der Waals surface area (Å²) in [6.07, 6.45) is 2.39. The van der Waals surface area contributed by atoms with Crippen LogP contribution in [0.25, 0.3) is 0 Å². The largest absolute Gasteiger partial charge is 0.494 e. The van der Waals surface area contributed by atoms with E-state index in [4.69, 9.17) is 4.74 Å². The molecule has 146 valence electrons. The first-order valence-corrected chi connectivity index (χ1v) is 10.6. The zero-order valence-electron chi connectivity index (χ0n) is 15.8. The van der Waals surface area contributed by atoms with Gasteiger partial charge in [0.25, 0.3) is 10.0 Å². The number of nitrogens with zero attached hydrogens (tertiary/aromatic N) is 1. The van der Waals surface area contributed by atoms with Gasteiger partial charge in [-0.1, -0.05) is 25.1 Å². The fourth-order valence-corrected chi connectivity index (χ4v) is 3.76. The molecule has 0 spiro atoms. The van der Waals surface area contributed by atoms with E-state index >= 15 is 0 Å². The number of rotatable bonds is 8. The van der Waals surface area contributed by atoms with Crippen LogP contribution in [0.5, 0.6) is 5.75 Å². The third kappa shape index (κ3) is 4.80. The quantitative estimate of drug-likeness (QED) is 0.581. The minimum atomic E-state index is -3.69. The van der Waals surface area contributed by atoms with Crippen molar-refractivity contribution < 1.29 is 13.2 Å². The Morgan fingerprint density at radius 1 is 0.964 bits per heavy atom. The molecule has 1 heterocycles. The minimum absolute atomic E-state index is 0.162. The van der Waals surface area contributed by atoms with Gasteiger partial charge in [-0.15, -0.1) is 0 Å². The number of aromatic nitrogens is 1. The smallest absolute Gasteiger partial charge is 0.261 e. The van der Waals surface area contributed by atoms with E-state index in [9.17, 15) is 8.42 Å². The number of ether oxygens (including phenoxy) is 1. The summed E-state index contributed by atoms with van der Waals surface area (Å²) in [4.78, 5) is 4.47. The Hall–Kier alpha value is -3.06. The highest BCUT2D eigenvalue weighted by Gasteiger charge is 2.14. The van der Waals surface area contributed by atoms with Crippen LogP contribution in [0.1, 0.15) is 19.4 Å². The van der Waals surface area contributed by atoms with Crippen LogP contribution >= 0.6 is 0 Å². The molecule has 0 atom stereocenters. The van der Waals surface area contributed by atoms with Gasteiger partial charge in [-0.3, -0.25) is 4.72 Å². The number of para-hydroxylation sites is 1. The second-order valence-corrected chi connectivity index (χ2v) is 7.76. The van der Waals surface area contributed by atoms with Crippen LogP contribution in [0.4, 0.5) is 17.2 Å². The molecule has 3 aromatic rings. The molecule has 0 amide bonds. The molecule has 0 bridgehead atoms. The van der Waals surface area contributed by atoms with Gasteiger partial charge in [0.1, 0.15) is 11.6 Å². The summed E-state index contributed by atoms with van der Waals surface area (Å²) in [6, 6.07) is 17.7. The van der Waals surface area contributed by atoms with E-state index in [-0.39, 0.29) is 4.90 Å². The molecule has 0 saturated heterocycles. The maximum atomic E-state index is 12.5. The zero-order valence-corrected chi connectivity index (χ0v) is 16.7. The van der Waals surface area contributed by atoms with Crippen LogP contribution < -0.4 is 14.8 Å². The van der Waals surface area contributed by atoms with Crippen molar-refractivity contribution in [2.75, 3.05) is 16.6 Å². The first-order chi connectivity index (χ1) is 13.5. The van der Waals surface area contributed by atoms with Crippen LogP contribution in [0.15, 0.2) is 71.8 Å². The molecule has 3 rings (SSSR count). The van der Waals surface area contributed by atoms with Gasteiger partial charge in [0.05, 0.1) is 23.4 Å². The van der Waals surface area contributed by atoms with Crippen molar-refractivity contribution in [1.29, 1.82) is 0 Å². The second-order valence-electron chi connectivity index (χ2n) is 6.08. The summed E-state index contributed by atoms with van der Waals surface area (Å²) in [6.45, 7) is 4.49. The Balaban J connectivity index is 1.71. The SMILES string of the molecule is CCOc1ccc(S(=O)(=O)Nc2ccc(Nc3ccccc3CC)nc2)cc1. The summed E-state index contributed by atoms with van der Waals surface area (Å²) in [5.74, 6) is 1.27. The Morgan fingerprint density at radius 2 is 1.71 bits per heavy atom. The van der Waals surface area contributed by atoms with Crippen LogP contribution in [0, 0.1) is 0 Å². The molecule has 0 aliphatic carbocycles. The molecule has 2 aromatic carbocycles. The van der Waals surface area contributed by atoms with Crippen LogP contribution in [0.3, 0.4) is 0 Å². The van der Waals surface area contributed by atoms with Crippen molar-refractivity contribution in [1.82, 2.24) is 4.98 Å². The molecule has 0 fully saturated rings. The van der Waals surface area contributed by atoms with Gasteiger partial charge in [-0.25, -0.2) is 13.4 Å². The lowest BCUT2D eigenvalue weighted by molar-refractivity contribution is 0.340. The number of sulfonamides is 1. The number of nitrogens with one attached hydrogen (secondary N) is 2. The van der Waals surface area contributed by atoms with Gasteiger partial charge in [0.2, 0.25) is 0 Å². The highest BCUT2D eigenvalue weighted by atomic mass is 32.2. The Kier molecular flexibility index (Phi) is 6.16. The van der Waals surface area contributed by atoms with Gasteiger partial charge >= 0.3 is 0 Å². The van der Waals surface area contributed by atoms with Crippen LogP contribution in [-0.2, 0) is 16.4 Å². The molecular weight excluding hydrogens is 374 g/mol. The van der Waals surface area contributed by atoms with Gasteiger partial charge in [0.15, 0.2) is 0 Å². The van der Waals surface area contributed by atoms with E-state index in [0.29, 0.717) is 23.9 Å². The van der Waals surface area contributed by atoms with Crippen molar-refractivity contribution in [2.24, 2.45) is 0 Å². The van der Waals surface area contributed by atoms with E-state index in [2.05, 4.69) is 28.0 Å². The molecule has 0 saturated carbocycles. The lowest BCUT2D eigenvalue weighted by Crippen LogP contribution is -2.13. The van der Waals surface area contributed by atoms with Gasteiger partial charge in [-0.05, 0) is 61.4 Å². The van der Waals surface area contributed by atoms with E-state index < -0.39 is 10.0 Å². The monoisotopic (exact) mass is 397 g/mol. The third-order valence-electron chi connectivity index (χ3n) is 4.12. The summed E-state index contributed by atoms with van der Waals surface area (Å²) < 4.78 is 32.9. The lowest BCUT2D eigenvalue weighted by atomic mass is 10.1. The van der Waals surface area contributed by atoms with E-state index in [1.54, 1.807) is 24.3 Å². The predicted octanol–water partition coefficient (Wildman–Crippen LogP) is 4.59. The van der Waals surface area contributed by atoms with E-state index in [0.717, 1.165) is 12.1 Å². The average Bonchev–Trinajstić information content (AvgIpc) is 2.70. The molecule has 0 aliphatic heterocycles. The fourth-order valence-electron chi connectivity index (χ4n) is 2.71. The van der Waals surface area contributed by atoms with E-state index in [1.807, 2.05) is 25.1 Å². The van der Waals surface area contributed by atoms with Crippen molar-refractivity contribution in [3.63, 3.8) is 0 Å². The van der Waals surface area contributed by atoms with Crippen molar-refractivity contribution in [2.45, 2.75) is 25.2 Å². The van der Waals surface area contributed by atoms with Crippen molar-refractivity contribution in [3.05, 3.63) is 72.4 Å². The average molecular weight is 398 g/mol. The molecule has 0 aliphatic rings. The Morgan fingerprint density at radius 3 is 2.36 bits per heavy atom. The molecule has 1 aromatic heterocycles. The predicted molar refractivity (Wildman–Crippen MR) is 112 cm³/mol. The number of aryl methyl sites for hydroxylation is 1. The van der Waals surface area contributed by atoms with Gasteiger partial charge in [0, 0.05) is 5.69 Å². The van der Waals surface area contributed by atoms with Gasteiger partial charge < -0.3 is 10.1 Å². The number of anilines is 3. The first kappa shape index (κ1) is 19.7. The van der Waals surface area contributed by atoms with Crippen molar-refractivity contribution in [3.8, 4) is 5.75 Å². The molecule has 7 heteroatoms. The number of pyridine rings is 1. The molecule has 2 N–H and O–H groups in total. The zero-order chi connectivity index (χ0) is 20.0. The van der Waals surface area contributed by atoms with E-state index in [1.165, 1.54) is 23.9 Å². The molecule has 0 unspecified atom stereocenters. The normalized spacial score (nSPS) is 11.1. The van der Waals surface area contributed by atoms with Crippen LogP contribution in [0.2, 0.25) is 0 Å². The highest BCUT2D eigenvalue weighted by molar-refractivity contribution is 7.92. The number of benzene rings is 2. The van der Waals surface area contributed by atoms with Gasteiger partial charge in [-0.2, -0.15) is 0 Å². The maximum Gasteiger partial charge on any atom is 0.261 e. The van der Waals surface area contributed by atoms with Crippen LogP contribution in [-0.4, -0.2) is 20.0 Å². The minimum Gasteiger partial charge on any atom is -0.494 e. The topological polar surface area (TPSA) is 80.3 Å². The standard InChI is InChI=1S/C21H23N3O3S/c1-3-16-7-5-6-8-20(16)23-21-14-9-17(15-22-21)24-28(25,26)19-12-10-18(11-13-19)27-4-2/h5-15,24H,3-4H2,1-2H3,(H,22,23). The summed E-state index contributed by atoms with van der Waals surface area (Å²) >= 11 is 0.